The van der Waals surface area contributed by atoms with Crippen LogP contribution in [-0.4, -0.2) is 16.6 Å². The van der Waals surface area contributed by atoms with Crippen LogP contribution in [0.3, 0.4) is 0 Å². The van der Waals surface area contributed by atoms with Gasteiger partial charge in [0.05, 0.1) is 21.9 Å². The molecular weight excluding hydrogens is 350 g/mol. The highest BCUT2D eigenvalue weighted by molar-refractivity contribution is 8.00. The van der Waals surface area contributed by atoms with Crippen molar-refractivity contribution in [1.82, 2.24) is 4.98 Å². The molecule has 0 aliphatic heterocycles. The van der Waals surface area contributed by atoms with Crippen LogP contribution in [0.4, 0.5) is 5.69 Å². The number of anilines is 1. The number of hydrogen-bond donors (Lipinski definition) is 1. The molecule has 0 aliphatic rings. The third-order valence-electron chi connectivity index (χ3n) is 3.43. The summed E-state index contributed by atoms with van der Waals surface area (Å²) in [4.78, 5) is 17.7. The first-order chi connectivity index (χ1) is 12.2. The molecule has 0 unspecified atom stereocenters. The molecule has 1 amide bonds. The summed E-state index contributed by atoms with van der Waals surface area (Å²) in [5.74, 6) is 0.0739. The van der Waals surface area contributed by atoms with E-state index in [2.05, 4.69) is 16.4 Å². The van der Waals surface area contributed by atoms with Gasteiger partial charge >= 0.3 is 0 Å². The predicted octanol–water partition coefficient (Wildman–Crippen LogP) is 4.72. The maximum atomic E-state index is 12.1. The van der Waals surface area contributed by atoms with E-state index in [1.54, 1.807) is 17.4 Å². The van der Waals surface area contributed by atoms with Crippen LogP contribution in [0.25, 0.3) is 10.6 Å². The first-order valence-corrected chi connectivity index (χ1v) is 9.46. The molecule has 0 bridgehead atoms. The van der Waals surface area contributed by atoms with E-state index in [9.17, 15) is 10.1 Å². The molecule has 6 heteroatoms. The number of nitrogens with one attached hydrogen (secondary N) is 1. The number of carbonyl (C=O) groups is 1. The molecule has 0 fully saturated rings. The Kier molecular flexibility index (Phi) is 5.49. The van der Waals surface area contributed by atoms with Crippen molar-refractivity contribution in [2.75, 3.05) is 11.1 Å². The Labute approximate surface area is 154 Å². The molecule has 124 valence electrons. The number of benzene rings is 1. The van der Waals surface area contributed by atoms with E-state index in [0.29, 0.717) is 10.6 Å². The predicted molar refractivity (Wildman–Crippen MR) is 103 cm³/mol. The van der Waals surface area contributed by atoms with Gasteiger partial charge in [0.1, 0.15) is 11.1 Å². The molecule has 0 radical (unpaired) electrons. The van der Waals surface area contributed by atoms with E-state index in [1.807, 2.05) is 54.8 Å². The van der Waals surface area contributed by atoms with E-state index in [-0.39, 0.29) is 11.7 Å². The van der Waals surface area contributed by atoms with Gasteiger partial charge in [-0.15, -0.1) is 11.3 Å². The van der Waals surface area contributed by atoms with Gasteiger partial charge in [-0.2, -0.15) is 5.26 Å². The van der Waals surface area contributed by atoms with Gasteiger partial charge in [-0.1, -0.05) is 35.5 Å². The smallest absolute Gasteiger partial charge is 0.234 e. The minimum atomic E-state index is -0.124. The molecule has 0 saturated carbocycles. The number of nitrogens with zero attached hydrogens (tertiary/aromatic N) is 2. The van der Waals surface area contributed by atoms with Crippen LogP contribution in [0, 0.1) is 18.3 Å². The number of aryl methyl sites for hydroxylation is 1. The second kappa shape index (κ2) is 7.97. The Morgan fingerprint density at radius 3 is 2.72 bits per heavy atom. The lowest BCUT2D eigenvalue weighted by Gasteiger charge is -2.07. The molecule has 3 rings (SSSR count). The van der Waals surface area contributed by atoms with Crippen molar-refractivity contribution in [1.29, 1.82) is 5.26 Å². The third kappa shape index (κ3) is 4.47. The summed E-state index contributed by atoms with van der Waals surface area (Å²) in [7, 11) is 0. The van der Waals surface area contributed by atoms with Gasteiger partial charge in [0.25, 0.3) is 0 Å². The number of thioether (sulfide) groups is 1. The average Bonchev–Trinajstić information content (AvgIpc) is 3.16. The van der Waals surface area contributed by atoms with Gasteiger partial charge in [-0.3, -0.25) is 4.79 Å². The molecule has 3 aromatic rings. The Balaban J connectivity index is 1.69. The highest BCUT2D eigenvalue weighted by atomic mass is 32.2. The minimum absolute atomic E-state index is 0.124. The molecule has 4 nitrogen and oxygen atoms in total. The van der Waals surface area contributed by atoms with Crippen LogP contribution in [0.5, 0.6) is 0 Å². The topological polar surface area (TPSA) is 65.8 Å². The number of pyridine rings is 1. The molecule has 2 aromatic heterocycles. The zero-order valence-corrected chi connectivity index (χ0v) is 15.2. The summed E-state index contributed by atoms with van der Waals surface area (Å²) >= 11 is 2.86. The van der Waals surface area contributed by atoms with Crippen LogP contribution >= 0.6 is 23.1 Å². The van der Waals surface area contributed by atoms with Crippen molar-refractivity contribution in [3.8, 4) is 16.6 Å². The first-order valence-electron chi connectivity index (χ1n) is 7.60. The number of thiophene rings is 1. The molecule has 25 heavy (non-hydrogen) atoms. The lowest BCUT2D eigenvalue weighted by atomic mass is 10.2. The number of carbonyl (C=O) groups excluding carboxylic acids is 1. The quantitative estimate of drug-likeness (QED) is 0.664. The molecule has 1 aromatic carbocycles. The number of rotatable bonds is 5. The van der Waals surface area contributed by atoms with Crippen LogP contribution in [0.15, 0.2) is 58.9 Å². The van der Waals surface area contributed by atoms with Gasteiger partial charge in [0.15, 0.2) is 0 Å². The minimum Gasteiger partial charge on any atom is -0.325 e. The molecule has 0 saturated heterocycles. The average molecular weight is 365 g/mol. The van der Waals surface area contributed by atoms with Gasteiger partial charge in [0.2, 0.25) is 5.91 Å². The summed E-state index contributed by atoms with van der Waals surface area (Å²) in [6.07, 6.45) is 0. The van der Waals surface area contributed by atoms with Crippen molar-refractivity contribution in [3.63, 3.8) is 0 Å². The van der Waals surface area contributed by atoms with E-state index >= 15 is 0 Å². The lowest BCUT2D eigenvalue weighted by molar-refractivity contribution is -0.113. The Hall–Kier alpha value is -2.62. The van der Waals surface area contributed by atoms with Crippen molar-refractivity contribution in [2.24, 2.45) is 0 Å². The fourth-order valence-corrected chi connectivity index (χ4v) is 3.63. The number of aromatic nitrogens is 1. The highest BCUT2D eigenvalue weighted by Crippen LogP contribution is 2.28. The molecule has 0 aliphatic carbocycles. The first kappa shape index (κ1) is 17.2. The second-order valence-corrected chi connectivity index (χ2v) is 7.25. The molecule has 0 spiro atoms. The lowest BCUT2D eigenvalue weighted by Crippen LogP contribution is -2.14. The highest BCUT2D eigenvalue weighted by Gasteiger charge is 2.11. The Morgan fingerprint density at radius 2 is 2.04 bits per heavy atom. The van der Waals surface area contributed by atoms with Gasteiger partial charge in [0, 0.05) is 5.69 Å². The maximum absolute atomic E-state index is 12.1. The van der Waals surface area contributed by atoms with Crippen molar-refractivity contribution in [3.05, 3.63) is 65.0 Å². The number of hydrogen-bond acceptors (Lipinski definition) is 5. The molecule has 0 atom stereocenters. The molecule has 2 heterocycles. The number of nitriles is 1. The Bertz CT molecular complexity index is 913. The van der Waals surface area contributed by atoms with E-state index in [0.717, 1.165) is 21.8 Å². The van der Waals surface area contributed by atoms with Gasteiger partial charge in [-0.25, -0.2) is 4.98 Å². The summed E-state index contributed by atoms with van der Waals surface area (Å²) in [5, 5.41) is 14.7. The zero-order valence-electron chi connectivity index (χ0n) is 13.5. The molecule has 1 N–H and O–H groups in total. The van der Waals surface area contributed by atoms with Crippen LogP contribution < -0.4 is 5.32 Å². The van der Waals surface area contributed by atoms with Crippen molar-refractivity contribution in [2.45, 2.75) is 11.9 Å². The van der Waals surface area contributed by atoms with Gasteiger partial charge < -0.3 is 5.32 Å². The van der Waals surface area contributed by atoms with E-state index in [1.165, 1.54) is 11.8 Å². The van der Waals surface area contributed by atoms with Crippen molar-refractivity contribution < 1.29 is 4.79 Å². The standard InChI is InChI=1S/C19H15N3OS2/c1-13-4-7-15(8-5-13)21-18(23)12-25-19-14(11-20)6-9-16(22-19)17-3-2-10-24-17/h2-10H,12H2,1H3,(H,21,23). The maximum Gasteiger partial charge on any atom is 0.234 e. The summed E-state index contributed by atoms with van der Waals surface area (Å²) < 4.78 is 0. The van der Waals surface area contributed by atoms with Crippen LogP contribution in [0.2, 0.25) is 0 Å². The third-order valence-corrected chi connectivity index (χ3v) is 5.31. The molecular formula is C19H15N3OS2. The Morgan fingerprint density at radius 1 is 1.24 bits per heavy atom. The second-order valence-electron chi connectivity index (χ2n) is 5.34. The normalized spacial score (nSPS) is 10.2. The summed E-state index contributed by atoms with van der Waals surface area (Å²) in [6, 6.07) is 17.3. The monoisotopic (exact) mass is 365 g/mol. The van der Waals surface area contributed by atoms with Crippen molar-refractivity contribution >= 4 is 34.7 Å². The fraction of sp³-hybridized carbons (Fsp3) is 0.105. The van der Waals surface area contributed by atoms with E-state index < -0.39 is 0 Å². The summed E-state index contributed by atoms with van der Waals surface area (Å²) in [6.45, 7) is 2.00. The SMILES string of the molecule is Cc1ccc(NC(=O)CSc2nc(-c3cccs3)ccc2C#N)cc1. The fourth-order valence-electron chi connectivity index (χ4n) is 2.16. The van der Waals surface area contributed by atoms with Gasteiger partial charge in [-0.05, 0) is 42.6 Å². The van der Waals surface area contributed by atoms with E-state index in [4.69, 9.17) is 0 Å². The van der Waals surface area contributed by atoms with Crippen LogP contribution in [0.1, 0.15) is 11.1 Å². The zero-order chi connectivity index (χ0) is 17.6. The number of amides is 1. The summed E-state index contributed by atoms with van der Waals surface area (Å²) in [5.41, 5.74) is 3.20. The largest absolute Gasteiger partial charge is 0.325 e. The van der Waals surface area contributed by atoms with Crippen LogP contribution in [-0.2, 0) is 4.79 Å².